The van der Waals surface area contributed by atoms with E-state index in [0.29, 0.717) is 10.5 Å². The Labute approximate surface area is 107 Å². The molecule has 0 bridgehead atoms. The fraction of sp³-hybridized carbons (Fsp3) is 1.00. The van der Waals surface area contributed by atoms with E-state index < -0.39 is 0 Å². The summed E-state index contributed by atoms with van der Waals surface area (Å²) in [6.45, 7) is 10.6. The smallest absolute Gasteiger partial charge is 0.0753 e. The van der Waals surface area contributed by atoms with Gasteiger partial charge < -0.3 is 9.47 Å². The molecule has 0 aromatic heterocycles. The summed E-state index contributed by atoms with van der Waals surface area (Å²) in [5.41, 5.74) is 0.0859. The Morgan fingerprint density at radius 1 is 0.812 bits per heavy atom. The van der Waals surface area contributed by atoms with Gasteiger partial charge in [-0.25, -0.2) is 0 Å². The molecule has 0 aromatic carbocycles. The third-order valence-corrected chi connectivity index (χ3v) is 7.46. The zero-order valence-corrected chi connectivity index (χ0v) is 12.2. The third kappa shape index (κ3) is 2.71. The van der Waals surface area contributed by atoms with Crippen molar-refractivity contribution < 1.29 is 9.47 Å². The minimum absolute atomic E-state index is 0.0429. The molecule has 0 aliphatic carbocycles. The molecule has 2 rings (SSSR count). The van der Waals surface area contributed by atoms with Gasteiger partial charge in [0.2, 0.25) is 0 Å². The van der Waals surface area contributed by atoms with Crippen molar-refractivity contribution in [3.8, 4) is 0 Å². The van der Waals surface area contributed by atoms with E-state index in [1.165, 1.54) is 12.8 Å². The second-order valence-corrected chi connectivity index (χ2v) is 8.33. The van der Waals surface area contributed by atoms with E-state index in [1.54, 1.807) is 0 Å². The average Bonchev–Trinajstić information content (AvgIpc) is 2.66. The van der Waals surface area contributed by atoms with Gasteiger partial charge in [-0.3, -0.25) is 0 Å². The van der Waals surface area contributed by atoms with Crippen LogP contribution in [0.15, 0.2) is 0 Å². The number of rotatable bonds is 3. The second-order valence-electron chi connectivity index (χ2n) is 5.65. The van der Waals surface area contributed by atoms with Gasteiger partial charge in [0.15, 0.2) is 0 Å². The molecule has 0 spiro atoms. The Bertz CT molecular complexity index is 227. The van der Waals surface area contributed by atoms with Crippen LogP contribution in [-0.2, 0) is 9.47 Å². The normalized spacial score (nSPS) is 36.8. The molecule has 94 valence electrons. The number of hydrogen-bond donors (Lipinski definition) is 0. The van der Waals surface area contributed by atoms with Gasteiger partial charge in [-0.1, -0.05) is 21.6 Å². The Kier molecular flexibility index (Phi) is 3.85. The van der Waals surface area contributed by atoms with Crippen molar-refractivity contribution in [2.45, 2.75) is 62.2 Å². The molecule has 16 heavy (non-hydrogen) atoms. The van der Waals surface area contributed by atoms with Gasteiger partial charge in [-0.2, -0.15) is 0 Å². The maximum absolute atomic E-state index is 5.75. The van der Waals surface area contributed by atoms with Gasteiger partial charge in [0, 0.05) is 23.7 Å². The number of hydrogen-bond acceptors (Lipinski definition) is 4. The fourth-order valence-electron chi connectivity index (χ4n) is 2.20. The van der Waals surface area contributed by atoms with Crippen LogP contribution in [0, 0.1) is 0 Å². The first-order valence-electron chi connectivity index (χ1n) is 6.02. The van der Waals surface area contributed by atoms with Gasteiger partial charge in [0.05, 0.1) is 11.2 Å². The monoisotopic (exact) mass is 262 g/mol. The predicted molar refractivity (Wildman–Crippen MR) is 72.1 cm³/mol. The quantitative estimate of drug-likeness (QED) is 0.724. The summed E-state index contributed by atoms with van der Waals surface area (Å²) < 4.78 is 11.5. The van der Waals surface area contributed by atoms with E-state index >= 15 is 0 Å². The van der Waals surface area contributed by atoms with Crippen molar-refractivity contribution in [3.63, 3.8) is 0 Å². The van der Waals surface area contributed by atoms with E-state index in [4.69, 9.17) is 9.47 Å². The lowest BCUT2D eigenvalue weighted by atomic mass is 10.1. The van der Waals surface area contributed by atoms with Crippen LogP contribution in [0.5, 0.6) is 0 Å². The maximum atomic E-state index is 5.75. The first-order valence-corrected chi connectivity index (χ1v) is 8.29. The molecule has 0 aromatic rings. The second kappa shape index (κ2) is 4.71. The molecule has 2 atom stereocenters. The highest BCUT2D eigenvalue weighted by Gasteiger charge is 2.40. The summed E-state index contributed by atoms with van der Waals surface area (Å²) in [6, 6.07) is 0. The van der Waals surface area contributed by atoms with Crippen molar-refractivity contribution in [2.75, 3.05) is 13.2 Å². The first-order chi connectivity index (χ1) is 7.42. The maximum Gasteiger partial charge on any atom is 0.0753 e. The minimum Gasteiger partial charge on any atom is -0.374 e. The average molecular weight is 262 g/mol. The number of ether oxygens (including phenoxy) is 2. The van der Waals surface area contributed by atoms with Crippen LogP contribution in [0.3, 0.4) is 0 Å². The molecule has 2 aliphatic rings. The highest BCUT2D eigenvalue weighted by Crippen LogP contribution is 2.47. The summed E-state index contributed by atoms with van der Waals surface area (Å²) in [6.07, 6.45) is 2.36. The molecule has 2 unspecified atom stereocenters. The van der Waals surface area contributed by atoms with E-state index in [9.17, 15) is 0 Å². The van der Waals surface area contributed by atoms with E-state index in [1.807, 2.05) is 21.6 Å². The molecule has 2 nitrogen and oxygen atoms in total. The molecule has 4 heteroatoms. The lowest BCUT2D eigenvalue weighted by Crippen LogP contribution is -2.31. The lowest BCUT2D eigenvalue weighted by molar-refractivity contribution is 0.0387. The lowest BCUT2D eigenvalue weighted by Gasteiger charge is -2.29. The molecule has 2 saturated heterocycles. The van der Waals surface area contributed by atoms with Crippen LogP contribution >= 0.6 is 21.6 Å². The third-order valence-electron chi connectivity index (χ3n) is 3.55. The summed E-state index contributed by atoms with van der Waals surface area (Å²) in [5.74, 6) is 0. The molecule has 0 radical (unpaired) electrons. The van der Waals surface area contributed by atoms with Crippen LogP contribution in [0.2, 0.25) is 0 Å². The molecular weight excluding hydrogens is 240 g/mol. The minimum atomic E-state index is 0.0429. The van der Waals surface area contributed by atoms with Crippen molar-refractivity contribution in [1.29, 1.82) is 0 Å². The van der Waals surface area contributed by atoms with Gasteiger partial charge in [-0.15, -0.1) is 0 Å². The summed E-state index contributed by atoms with van der Waals surface area (Å²) in [7, 11) is 4.00. The van der Waals surface area contributed by atoms with E-state index in [-0.39, 0.29) is 11.2 Å². The van der Waals surface area contributed by atoms with Gasteiger partial charge in [0.25, 0.3) is 0 Å². The molecule has 2 fully saturated rings. The van der Waals surface area contributed by atoms with Crippen molar-refractivity contribution in [1.82, 2.24) is 0 Å². The molecule has 0 saturated carbocycles. The molecule has 0 N–H and O–H groups in total. The zero-order valence-electron chi connectivity index (χ0n) is 10.6. The SMILES string of the molecule is CC1(C)OCCC1SSC1CCOC1(C)C. The summed E-state index contributed by atoms with van der Waals surface area (Å²) in [4.78, 5) is 0. The standard InChI is InChI=1S/C12H22O2S2/c1-11(2)9(5-7-13-11)15-16-10-6-8-14-12(10,3)4/h9-10H,5-8H2,1-4H3. The van der Waals surface area contributed by atoms with Crippen molar-refractivity contribution >= 4 is 21.6 Å². The first kappa shape index (κ1) is 13.1. The van der Waals surface area contributed by atoms with Crippen LogP contribution in [0.25, 0.3) is 0 Å². The zero-order chi connectivity index (χ0) is 11.8. The van der Waals surface area contributed by atoms with Crippen LogP contribution in [0.1, 0.15) is 40.5 Å². The van der Waals surface area contributed by atoms with Crippen LogP contribution in [0.4, 0.5) is 0 Å². The largest absolute Gasteiger partial charge is 0.374 e. The molecule has 0 amide bonds. The molecule has 2 heterocycles. The Morgan fingerprint density at radius 3 is 1.44 bits per heavy atom. The Hall–Kier alpha value is 0.620. The molecular formula is C12H22O2S2. The van der Waals surface area contributed by atoms with Crippen molar-refractivity contribution in [3.05, 3.63) is 0 Å². The van der Waals surface area contributed by atoms with E-state index in [2.05, 4.69) is 27.7 Å². The van der Waals surface area contributed by atoms with E-state index in [0.717, 1.165) is 13.2 Å². The summed E-state index contributed by atoms with van der Waals surface area (Å²) >= 11 is 0. The van der Waals surface area contributed by atoms with Gasteiger partial charge in [0.1, 0.15) is 0 Å². The molecule has 2 aliphatic heterocycles. The Morgan fingerprint density at radius 2 is 1.19 bits per heavy atom. The van der Waals surface area contributed by atoms with Gasteiger partial charge >= 0.3 is 0 Å². The predicted octanol–water partition coefficient (Wildman–Crippen LogP) is 3.50. The highest BCUT2D eigenvalue weighted by atomic mass is 33.1. The van der Waals surface area contributed by atoms with Crippen molar-refractivity contribution in [2.24, 2.45) is 0 Å². The van der Waals surface area contributed by atoms with Gasteiger partial charge in [-0.05, 0) is 40.5 Å². The topological polar surface area (TPSA) is 18.5 Å². The van der Waals surface area contributed by atoms with Crippen LogP contribution in [-0.4, -0.2) is 34.9 Å². The summed E-state index contributed by atoms with van der Waals surface area (Å²) in [5, 5.41) is 1.24. The fourth-order valence-corrected chi connectivity index (χ4v) is 6.23. The van der Waals surface area contributed by atoms with Crippen LogP contribution < -0.4 is 0 Å². The Balaban J connectivity index is 1.83. The highest BCUT2D eigenvalue weighted by molar-refractivity contribution is 8.77.